The van der Waals surface area contributed by atoms with E-state index < -0.39 is 0 Å². The zero-order valence-corrected chi connectivity index (χ0v) is 9.62. The van der Waals surface area contributed by atoms with Gasteiger partial charge in [0.2, 0.25) is 5.96 Å². The summed E-state index contributed by atoms with van der Waals surface area (Å²) in [6.45, 7) is 2.68. The predicted molar refractivity (Wildman–Crippen MR) is 61.5 cm³/mol. The van der Waals surface area contributed by atoms with Crippen molar-refractivity contribution in [2.75, 3.05) is 13.7 Å². The molecule has 5 nitrogen and oxygen atoms in total. The lowest BCUT2D eigenvalue weighted by molar-refractivity contribution is 0.179. The van der Waals surface area contributed by atoms with E-state index in [2.05, 4.69) is 15.7 Å². The molecule has 0 saturated heterocycles. The fourth-order valence-corrected chi connectivity index (χ4v) is 1.86. The molecule has 15 heavy (non-hydrogen) atoms. The fraction of sp³-hybridized carbons (Fsp3) is 0.900. The number of hydrazine groups is 1. The summed E-state index contributed by atoms with van der Waals surface area (Å²) < 4.78 is 5.03. The SMILES string of the molecule is COCC(C)NC(=NC1CCCC1)NN. The van der Waals surface area contributed by atoms with E-state index in [-0.39, 0.29) is 6.04 Å². The maximum Gasteiger partial charge on any atom is 0.206 e. The maximum atomic E-state index is 5.41. The molecule has 1 unspecified atom stereocenters. The number of aliphatic imine (C=N–C) groups is 1. The zero-order valence-electron chi connectivity index (χ0n) is 9.62. The van der Waals surface area contributed by atoms with Gasteiger partial charge in [-0.2, -0.15) is 0 Å². The highest BCUT2D eigenvalue weighted by molar-refractivity contribution is 5.79. The van der Waals surface area contributed by atoms with Crippen molar-refractivity contribution in [2.24, 2.45) is 10.8 Å². The van der Waals surface area contributed by atoms with Crippen LogP contribution < -0.4 is 16.6 Å². The van der Waals surface area contributed by atoms with Crippen molar-refractivity contribution in [3.05, 3.63) is 0 Å². The first kappa shape index (κ1) is 12.3. The Labute approximate surface area is 91.4 Å². The molecule has 0 aromatic heterocycles. The Bertz CT molecular complexity index is 202. The summed E-state index contributed by atoms with van der Waals surface area (Å²) in [5, 5.41) is 3.18. The van der Waals surface area contributed by atoms with E-state index in [1.54, 1.807) is 7.11 Å². The fourth-order valence-electron chi connectivity index (χ4n) is 1.86. The van der Waals surface area contributed by atoms with Gasteiger partial charge in [0.25, 0.3) is 0 Å². The van der Waals surface area contributed by atoms with Crippen molar-refractivity contribution in [1.29, 1.82) is 0 Å². The van der Waals surface area contributed by atoms with Gasteiger partial charge in [0, 0.05) is 13.2 Å². The molecule has 0 spiro atoms. The summed E-state index contributed by atoms with van der Waals surface area (Å²) in [7, 11) is 1.68. The summed E-state index contributed by atoms with van der Waals surface area (Å²) in [4.78, 5) is 4.53. The van der Waals surface area contributed by atoms with Gasteiger partial charge in [0.15, 0.2) is 0 Å². The molecule has 1 rings (SSSR count). The number of guanidine groups is 1. The topological polar surface area (TPSA) is 71.7 Å². The molecular formula is C10H22N4O. The molecule has 0 radical (unpaired) electrons. The standard InChI is InChI=1S/C10H22N4O/c1-8(7-15-2)12-10(14-11)13-9-5-3-4-6-9/h8-9H,3-7,11H2,1-2H3,(H2,12,13,14). The molecule has 1 aliphatic carbocycles. The lowest BCUT2D eigenvalue weighted by atomic mass is 10.3. The van der Waals surface area contributed by atoms with Crippen LogP contribution in [0.2, 0.25) is 0 Å². The van der Waals surface area contributed by atoms with Gasteiger partial charge in [-0.25, -0.2) is 10.8 Å². The minimum absolute atomic E-state index is 0.214. The largest absolute Gasteiger partial charge is 0.383 e. The minimum atomic E-state index is 0.214. The quantitative estimate of drug-likeness (QED) is 0.274. The number of nitrogens with one attached hydrogen (secondary N) is 2. The molecule has 0 bridgehead atoms. The second kappa shape index (κ2) is 6.63. The van der Waals surface area contributed by atoms with E-state index in [9.17, 15) is 0 Å². The van der Waals surface area contributed by atoms with Crippen LogP contribution >= 0.6 is 0 Å². The van der Waals surface area contributed by atoms with E-state index >= 15 is 0 Å². The van der Waals surface area contributed by atoms with Crippen LogP contribution in [0.15, 0.2) is 4.99 Å². The van der Waals surface area contributed by atoms with Gasteiger partial charge in [-0.1, -0.05) is 12.8 Å². The molecule has 88 valence electrons. The average molecular weight is 214 g/mol. The van der Waals surface area contributed by atoms with Crippen LogP contribution in [0, 0.1) is 0 Å². The number of hydrogen-bond donors (Lipinski definition) is 3. The molecule has 0 aromatic rings. The third kappa shape index (κ3) is 4.48. The minimum Gasteiger partial charge on any atom is -0.383 e. The van der Waals surface area contributed by atoms with Gasteiger partial charge in [0.1, 0.15) is 0 Å². The first-order chi connectivity index (χ1) is 7.26. The van der Waals surface area contributed by atoms with Gasteiger partial charge < -0.3 is 10.1 Å². The van der Waals surface area contributed by atoms with Gasteiger partial charge in [-0.3, -0.25) is 5.43 Å². The highest BCUT2D eigenvalue weighted by atomic mass is 16.5. The Morgan fingerprint density at radius 2 is 2.20 bits per heavy atom. The summed E-state index contributed by atoms with van der Waals surface area (Å²) in [5.41, 5.74) is 2.60. The van der Waals surface area contributed by atoms with Crippen molar-refractivity contribution in [1.82, 2.24) is 10.7 Å². The first-order valence-corrected chi connectivity index (χ1v) is 5.56. The Morgan fingerprint density at radius 1 is 1.53 bits per heavy atom. The molecule has 5 heteroatoms. The van der Waals surface area contributed by atoms with Crippen molar-refractivity contribution in [3.8, 4) is 0 Å². The normalized spacial score (nSPS) is 20.3. The number of methoxy groups -OCH3 is 1. The Balaban J connectivity index is 2.39. The molecule has 0 heterocycles. The summed E-state index contributed by atoms with van der Waals surface area (Å²) in [6.07, 6.45) is 4.90. The van der Waals surface area contributed by atoms with Crippen molar-refractivity contribution >= 4 is 5.96 Å². The average Bonchev–Trinajstić information content (AvgIpc) is 2.70. The smallest absolute Gasteiger partial charge is 0.206 e. The predicted octanol–water partition coefficient (Wildman–Crippen LogP) is 0.373. The van der Waals surface area contributed by atoms with Crippen molar-refractivity contribution < 1.29 is 4.74 Å². The summed E-state index contributed by atoms with van der Waals surface area (Å²) >= 11 is 0. The molecule has 4 N–H and O–H groups in total. The molecule has 1 saturated carbocycles. The molecule has 1 fully saturated rings. The van der Waals surface area contributed by atoms with E-state index in [0.29, 0.717) is 18.6 Å². The van der Waals surface area contributed by atoms with E-state index in [1.165, 1.54) is 25.7 Å². The van der Waals surface area contributed by atoms with Crippen molar-refractivity contribution in [3.63, 3.8) is 0 Å². The maximum absolute atomic E-state index is 5.41. The highest BCUT2D eigenvalue weighted by Crippen LogP contribution is 2.20. The Morgan fingerprint density at radius 3 is 2.73 bits per heavy atom. The van der Waals surface area contributed by atoms with E-state index in [1.807, 2.05) is 6.92 Å². The first-order valence-electron chi connectivity index (χ1n) is 5.56. The van der Waals surface area contributed by atoms with Gasteiger partial charge >= 0.3 is 0 Å². The second-order valence-corrected chi connectivity index (χ2v) is 4.06. The molecule has 0 amide bonds. The van der Waals surface area contributed by atoms with Crippen LogP contribution in [0.5, 0.6) is 0 Å². The number of hydrogen-bond acceptors (Lipinski definition) is 3. The van der Waals surface area contributed by atoms with Crippen LogP contribution in [0.1, 0.15) is 32.6 Å². The van der Waals surface area contributed by atoms with Gasteiger partial charge in [-0.05, 0) is 19.8 Å². The summed E-state index contributed by atoms with van der Waals surface area (Å²) in [6, 6.07) is 0.643. The lowest BCUT2D eigenvalue weighted by Gasteiger charge is -2.16. The molecule has 0 aliphatic heterocycles. The number of nitrogens with zero attached hydrogens (tertiary/aromatic N) is 1. The second-order valence-electron chi connectivity index (χ2n) is 4.06. The Kier molecular flexibility index (Phi) is 5.42. The molecule has 0 aromatic carbocycles. The number of ether oxygens (including phenoxy) is 1. The van der Waals surface area contributed by atoms with E-state index in [4.69, 9.17) is 10.6 Å². The monoisotopic (exact) mass is 214 g/mol. The number of rotatable bonds is 4. The van der Waals surface area contributed by atoms with E-state index in [0.717, 1.165) is 0 Å². The van der Waals surface area contributed by atoms with Crippen LogP contribution in [0.25, 0.3) is 0 Å². The van der Waals surface area contributed by atoms with Crippen LogP contribution in [-0.4, -0.2) is 31.8 Å². The molecular weight excluding hydrogens is 192 g/mol. The van der Waals surface area contributed by atoms with Gasteiger partial charge in [0.05, 0.1) is 12.6 Å². The van der Waals surface area contributed by atoms with Gasteiger partial charge in [-0.15, -0.1) is 0 Å². The number of nitrogens with two attached hydrogens (primary N) is 1. The lowest BCUT2D eigenvalue weighted by Crippen LogP contribution is -2.47. The summed E-state index contributed by atoms with van der Waals surface area (Å²) in [5.74, 6) is 6.08. The molecule has 1 atom stereocenters. The van der Waals surface area contributed by atoms with Crippen molar-refractivity contribution in [2.45, 2.75) is 44.7 Å². The molecule has 1 aliphatic rings. The van der Waals surface area contributed by atoms with Crippen LogP contribution in [0.4, 0.5) is 0 Å². The zero-order chi connectivity index (χ0) is 11.1. The highest BCUT2D eigenvalue weighted by Gasteiger charge is 2.15. The van der Waals surface area contributed by atoms with Crippen LogP contribution in [0.3, 0.4) is 0 Å². The third-order valence-electron chi connectivity index (χ3n) is 2.57. The third-order valence-corrected chi connectivity index (χ3v) is 2.57. The Hall–Kier alpha value is -0.810. The van der Waals surface area contributed by atoms with Crippen LogP contribution in [-0.2, 0) is 4.74 Å².